The van der Waals surface area contributed by atoms with Crippen LogP contribution in [0.5, 0.6) is 5.75 Å². The standard InChI is InChI=1S/C24H29BrN4O4S/c1-14(2)11-21(30)26-18-8-5-16(6-9-18)23(32)28-29-24(34)27-22(31)17-7-10-20(19(25)12-17)33-13-15(3)4/h5-10,12,14-15H,11,13H2,1-4H3,(H,26,30)(H,28,32)(H2,27,29,31,34). The van der Waals surface area contributed by atoms with Gasteiger partial charge < -0.3 is 10.1 Å². The summed E-state index contributed by atoms with van der Waals surface area (Å²) >= 11 is 8.49. The van der Waals surface area contributed by atoms with E-state index in [1.165, 1.54) is 0 Å². The summed E-state index contributed by atoms with van der Waals surface area (Å²) in [5.74, 6) is 0.297. The molecule has 34 heavy (non-hydrogen) atoms. The fraction of sp³-hybridized carbons (Fsp3) is 0.333. The molecule has 0 saturated heterocycles. The first-order valence-electron chi connectivity index (χ1n) is 10.8. The first-order valence-corrected chi connectivity index (χ1v) is 12.0. The van der Waals surface area contributed by atoms with Crippen LogP contribution in [0.3, 0.4) is 0 Å². The number of amides is 3. The Morgan fingerprint density at radius 3 is 2.15 bits per heavy atom. The smallest absolute Gasteiger partial charge is 0.269 e. The summed E-state index contributed by atoms with van der Waals surface area (Å²) in [7, 11) is 0. The molecule has 8 nitrogen and oxygen atoms in total. The molecule has 0 saturated carbocycles. The maximum atomic E-state index is 12.4. The molecule has 2 aromatic rings. The van der Waals surface area contributed by atoms with Gasteiger partial charge in [-0.15, -0.1) is 0 Å². The van der Waals surface area contributed by atoms with Gasteiger partial charge in [-0.3, -0.25) is 30.6 Å². The molecule has 10 heteroatoms. The molecular formula is C24H29BrN4O4S. The summed E-state index contributed by atoms with van der Waals surface area (Å²) < 4.78 is 6.33. The molecule has 3 amide bonds. The van der Waals surface area contributed by atoms with Crippen molar-refractivity contribution in [2.45, 2.75) is 34.1 Å². The van der Waals surface area contributed by atoms with Crippen molar-refractivity contribution in [3.63, 3.8) is 0 Å². The van der Waals surface area contributed by atoms with Crippen LogP contribution < -0.4 is 26.2 Å². The highest BCUT2D eigenvalue weighted by molar-refractivity contribution is 9.10. The molecule has 0 fully saturated rings. The van der Waals surface area contributed by atoms with Crippen molar-refractivity contribution in [1.82, 2.24) is 16.2 Å². The van der Waals surface area contributed by atoms with Crippen molar-refractivity contribution in [3.05, 3.63) is 58.1 Å². The highest BCUT2D eigenvalue weighted by Crippen LogP contribution is 2.26. The second-order valence-electron chi connectivity index (χ2n) is 8.44. The van der Waals surface area contributed by atoms with E-state index in [1.54, 1.807) is 42.5 Å². The molecule has 0 unspecified atom stereocenters. The second kappa shape index (κ2) is 13.0. The third-order valence-corrected chi connectivity index (χ3v) is 5.13. The summed E-state index contributed by atoms with van der Waals surface area (Å²) in [6, 6.07) is 11.4. The van der Waals surface area contributed by atoms with E-state index in [1.807, 2.05) is 27.7 Å². The Balaban J connectivity index is 1.84. The van der Waals surface area contributed by atoms with Crippen molar-refractivity contribution in [3.8, 4) is 5.75 Å². The summed E-state index contributed by atoms with van der Waals surface area (Å²) in [6.45, 7) is 8.59. The van der Waals surface area contributed by atoms with Crippen LogP contribution in [0.4, 0.5) is 5.69 Å². The summed E-state index contributed by atoms with van der Waals surface area (Å²) in [6.07, 6.45) is 0.419. The Hall–Kier alpha value is -2.98. The lowest BCUT2D eigenvalue weighted by atomic mass is 10.1. The first kappa shape index (κ1) is 27.3. The molecule has 4 N–H and O–H groups in total. The molecule has 0 aromatic heterocycles. The Morgan fingerprint density at radius 2 is 1.56 bits per heavy atom. The van der Waals surface area contributed by atoms with Crippen LogP contribution in [0.15, 0.2) is 46.9 Å². The van der Waals surface area contributed by atoms with E-state index >= 15 is 0 Å². The quantitative estimate of drug-likeness (QED) is 0.287. The molecular weight excluding hydrogens is 520 g/mol. The topological polar surface area (TPSA) is 109 Å². The highest BCUT2D eigenvalue weighted by atomic mass is 79.9. The van der Waals surface area contributed by atoms with Gasteiger partial charge in [0.25, 0.3) is 11.8 Å². The minimum absolute atomic E-state index is 0.0628. The Kier molecular flexibility index (Phi) is 10.5. The second-order valence-corrected chi connectivity index (χ2v) is 9.70. The number of hydrazine groups is 1. The van der Waals surface area contributed by atoms with Gasteiger partial charge in [-0.1, -0.05) is 27.7 Å². The predicted molar refractivity (Wildman–Crippen MR) is 140 cm³/mol. The van der Waals surface area contributed by atoms with Crippen LogP contribution in [-0.4, -0.2) is 29.4 Å². The van der Waals surface area contributed by atoms with Crippen LogP contribution in [0.2, 0.25) is 0 Å². The molecule has 0 bridgehead atoms. The van der Waals surface area contributed by atoms with Gasteiger partial charge in [0.05, 0.1) is 11.1 Å². The van der Waals surface area contributed by atoms with Gasteiger partial charge in [-0.05, 0) is 82.4 Å². The van der Waals surface area contributed by atoms with Gasteiger partial charge in [0.15, 0.2) is 5.11 Å². The van der Waals surface area contributed by atoms with Crippen LogP contribution in [0, 0.1) is 11.8 Å². The average Bonchev–Trinajstić information content (AvgIpc) is 2.76. The fourth-order valence-electron chi connectivity index (χ4n) is 2.70. The lowest BCUT2D eigenvalue weighted by molar-refractivity contribution is -0.116. The number of rotatable bonds is 8. The molecule has 0 atom stereocenters. The molecule has 2 aromatic carbocycles. The van der Waals surface area contributed by atoms with Crippen molar-refractivity contribution >= 4 is 56.7 Å². The maximum absolute atomic E-state index is 12.4. The summed E-state index contributed by atoms with van der Waals surface area (Å²) in [4.78, 5) is 36.6. The van der Waals surface area contributed by atoms with Crippen molar-refractivity contribution < 1.29 is 19.1 Å². The van der Waals surface area contributed by atoms with E-state index in [0.29, 0.717) is 46.0 Å². The van der Waals surface area contributed by atoms with Crippen LogP contribution in [0.1, 0.15) is 54.8 Å². The summed E-state index contributed by atoms with van der Waals surface area (Å²) in [5, 5.41) is 5.22. The minimum Gasteiger partial charge on any atom is -0.492 e. The number of carbonyl (C=O) groups is 3. The highest BCUT2D eigenvalue weighted by Gasteiger charge is 2.13. The number of ether oxygens (including phenoxy) is 1. The Labute approximate surface area is 213 Å². The molecule has 0 aliphatic heterocycles. The van der Waals surface area contributed by atoms with E-state index in [-0.39, 0.29) is 16.9 Å². The number of halogens is 1. The van der Waals surface area contributed by atoms with Gasteiger partial charge in [0, 0.05) is 23.2 Å². The third-order valence-electron chi connectivity index (χ3n) is 4.31. The Morgan fingerprint density at radius 1 is 0.912 bits per heavy atom. The number of carbonyl (C=O) groups excluding carboxylic acids is 3. The predicted octanol–water partition coefficient (Wildman–Crippen LogP) is 4.42. The number of nitrogens with one attached hydrogen (secondary N) is 4. The lowest BCUT2D eigenvalue weighted by Gasteiger charge is -2.13. The Bertz CT molecular complexity index is 1040. The van der Waals surface area contributed by atoms with Gasteiger partial charge in [0.1, 0.15) is 5.75 Å². The molecule has 0 aliphatic carbocycles. The van der Waals surface area contributed by atoms with Gasteiger partial charge >= 0.3 is 0 Å². The third kappa shape index (κ3) is 9.11. The molecule has 0 spiro atoms. The maximum Gasteiger partial charge on any atom is 0.269 e. The molecule has 0 radical (unpaired) electrons. The van der Waals surface area contributed by atoms with E-state index in [0.717, 1.165) is 0 Å². The SMILES string of the molecule is CC(C)COc1ccc(C(=O)NC(=S)NNC(=O)c2ccc(NC(=O)CC(C)C)cc2)cc1Br. The monoisotopic (exact) mass is 548 g/mol. The lowest BCUT2D eigenvalue weighted by Crippen LogP contribution is -2.48. The normalized spacial score (nSPS) is 10.6. The number of benzene rings is 2. The van der Waals surface area contributed by atoms with Gasteiger partial charge in [-0.25, -0.2) is 0 Å². The van der Waals surface area contributed by atoms with Crippen molar-refractivity contribution in [2.24, 2.45) is 11.8 Å². The van der Waals surface area contributed by atoms with Gasteiger partial charge in [0.2, 0.25) is 5.91 Å². The molecule has 0 heterocycles. The largest absolute Gasteiger partial charge is 0.492 e. The number of thiocarbonyl (C=S) groups is 1. The van der Waals surface area contributed by atoms with E-state index in [4.69, 9.17) is 17.0 Å². The van der Waals surface area contributed by atoms with E-state index in [9.17, 15) is 14.4 Å². The van der Waals surface area contributed by atoms with Crippen LogP contribution >= 0.6 is 28.1 Å². The molecule has 0 aliphatic rings. The van der Waals surface area contributed by atoms with Crippen LogP contribution in [0.25, 0.3) is 0 Å². The van der Waals surface area contributed by atoms with Gasteiger partial charge in [-0.2, -0.15) is 0 Å². The zero-order chi connectivity index (χ0) is 25.3. The van der Waals surface area contributed by atoms with Crippen molar-refractivity contribution in [1.29, 1.82) is 0 Å². The average molecular weight is 549 g/mol. The van der Waals surface area contributed by atoms with Crippen molar-refractivity contribution in [2.75, 3.05) is 11.9 Å². The zero-order valence-electron chi connectivity index (χ0n) is 19.5. The fourth-order valence-corrected chi connectivity index (χ4v) is 3.33. The number of hydrogen-bond acceptors (Lipinski definition) is 5. The van der Waals surface area contributed by atoms with E-state index in [2.05, 4.69) is 37.4 Å². The van der Waals surface area contributed by atoms with Crippen LogP contribution in [-0.2, 0) is 4.79 Å². The summed E-state index contributed by atoms with van der Waals surface area (Å²) in [5.41, 5.74) is 6.25. The number of anilines is 1. The first-order chi connectivity index (χ1) is 16.0. The number of hydrogen-bond donors (Lipinski definition) is 4. The van der Waals surface area contributed by atoms with E-state index < -0.39 is 11.8 Å². The zero-order valence-corrected chi connectivity index (χ0v) is 21.9. The minimum atomic E-state index is -0.453. The molecule has 182 valence electrons. The molecule has 2 rings (SSSR count).